The molecule has 254 valence electrons. The lowest BCUT2D eigenvalue weighted by molar-refractivity contribution is 0.628. The van der Waals surface area contributed by atoms with Gasteiger partial charge in [0.25, 0.3) is 0 Å². The van der Waals surface area contributed by atoms with Crippen LogP contribution in [0.15, 0.2) is 152 Å². The molecule has 5 heterocycles. The summed E-state index contributed by atoms with van der Waals surface area (Å²) >= 11 is 0. The smallest absolute Gasteiger partial charge is 0.167 e. The van der Waals surface area contributed by atoms with Gasteiger partial charge >= 0.3 is 0 Å². The normalized spacial score (nSPS) is 11.5. The first-order valence-electron chi connectivity index (χ1n) is 17.3. The average molecular weight is 702 g/mol. The zero-order valence-corrected chi connectivity index (χ0v) is 28.3. The second kappa shape index (κ2) is 12.7. The third-order valence-electron chi connectivity index (χ3n) is 9.54. The summed E-state index contributed by atoms with van der Waals surface area (Å²) < 4.78 is 31.8. The van der Waals surface area contributed by atoms with Crippen molar-refractivity contribution in [3.05, 3.63) is 164 Å². The van der Waals surface area contributed by atoms with Crippen molar-refractivity contribution >= 4 is 43.6 Å². The van der Waals surface area contributed by atoms with Crippen molar-refractivity contribution in [2.24, 2.45) is 0 Å². The van der Waals surface area contributed by atoms with Gasteiger partial charge in [0.05, 0.1) is 44.6 Å². The van der Waals surface area contributed by atoms with Crippen LogP contribution in [0.5, 0.6) is 0 Å². The zero-order valence-electron chi connectivity index (χ0n) is 28.3. The fourth-order valence-electron chi connectivity index (χ4n) is 6.81. The molecule has 0 aliphatic heterocycles. The molecule has 0 saturated heterocycles. The largest absolute Gasteiger partial charge is 0.254 e. The van der Waals surface area contributed by atoms with E-state index < -0.39 is 11.6 Å². The van der Waals surface area contributed by atoms with Gasteiger partial charge in [0.15, 0.2) is 17.5 Å². The molecule has 0 atom stereocenters. The minimum Gasteiger partial charge on any atom is -0.254 e. The molecule has 0 aliphatic carbocycles. The first kappa shape index (κ1) is 31.4. The minimum atomic E-state index is -0.543. The molecule has 9 heteroatoms. The highest BCUT2D eigenvalue weighted by Gasteiger charge is 2.19. The van der Waals surface area contributed by atoms with E-state index in [9.17, 15) is 0 Å². The van der Waals surface area contributed by atoms with Gasteiger partial charge in [-0.2, -0.15) is 0 Å². The van der Waals surface area contributed by atoms with Crippen molar-refractivity contribution in [2.75, 3.05) is 0 Å². The Morgan fingerprint density at radius 3 is 1.28 bits per heavy atom. The predicted octanol–water partition coefficient (Wildman–Crippen LogP) is 10.7. The Bertz CT molecular complexity index is 2910. The molecule has 0 saturated carbocycles. The number of hydrogen-bond donors (Lipinski definition) is 0. The lowest BCUT2D eigenvalue weighted by Crippen LogP contribution is -2.03. The average Bonchev–Trinajstić information content (AvgIpc) is 3.23. The number of benzene rings is 5. The van der Waals surface area contributed by atoms with E-state index in [1.54, 1.807) is 36.7 Å². The van der Waals surface area contributed by atoms with Crippen LogP contribution in [0.4, 0.5) is 8.78 Å². The fraction of sp³-hybridized carbons (Fsp3) is 0. The molecule has 0 spiro atoms. The van der Waals surface area contributed by atoms with Crippen molar-refractivity contribution in [3.8, 4) is 56.7 Å². The number of pyridine rings is 4. The second-order valence-corrected chi connectivity index (χ2v) is 12.9. The zero-order chi connectivity index (χ0) is 36.2. The van der Waals surface area contributed by atoms with Crippen molar-refractivity contribution in [2.45, 2.75) is 0 Å². The highest BCUT2D eigenvalue weighted by Crippen LogP contribution is 2.34. The van der Waals surface area contributed by atoms with Crippen LogP contribution in [0.1, 0.15) is 0 Å². The van der Waals surface area contributed by atoms with Gasteiger partial charge < -0.3 is 0 Å². The molecule has 10 aromatic rings. The molecule has 7 nitrogen and oxygen atoms in total. The number of halogens is 2. The Labute approximate surface area is 306 Å². The lowest BCUT2D eigenvalue weighted by Gasteiger charge is -2.12. The maximum atomic E-state index is 15.9. The summed E-state index contributed by atoms with van der Waals surface area (Å²) in [6.07, 6.45) is 3.48. The minimum absolute atomic E-state index is 0.0530. The van der Waals surface area contributed by atoms with E-state index in [0.717, 1.165) is 43.6 Å². The van der Waals surface area contributed by atoms with Crippen molar-refractivity contribution < 1.29 is 8.78 Å². The summed E-state index contributed by atoms with van der Waals surface area (Å²) in [5.74, 6) is -0.709. The van der Waals surface area contributed by atoms with Gasteiger partial charge in [0, 0.05) is 50.6 Å². The third kappa shape index (κ3) is 5.46. The number of nitrogens with zero attached hydrogens (tertiary/aromatic N) is 7. The molecule has 54 heavy (non-hydrogen) atoms. The Kier molecular flexibility index (Phi) is 7.36. The maximum Gasteiger partial charge on any atom is 0.167 e. The molecule has 5 aromatic heterocycles. The molecule has 0 bridgehead atoms. The molecule has 0 unspecified atom stereocenters. The molecule has 5 aromatic carbocycles. The molecule has 0 aliphatic rings. The summed E-state index contributed by atoms with van der Waals surface area (Å²) in [6, 6.07) is 42.2. The van der Waals surface area contributed by atoms with E-state index >= 15 is 8.78 Å². The Morgan fingerprint density at radius 2 is 0.778 bits per heavy atom. The first-order valence-corrected chi connectivity index (χ1v) is 17.3. The van der Waals surface area contributed by atoms with E-state index in [1.807, 2.05) is 103 Å². The second-order valence-electron chi connectivity index (χ2n) is 12.9. The van der Waals surface area contributed by atoms with Crippen LogP contribution in [0.25, 0.3) is 100 Å². The standard InChI is InChI=1S/C45H25F2N7/c46-35-18-14-31(37-20-16-28-12-10-26-8-4-22-48-39(26)41(28)50-37)24-33(35)44-52-43(30-6-2-1-3-7-30)53-45(54-44)34-25-32(15-19-36(34)47)38-21-17-29-13-11-27-9-5-23-49-40(27)42(29)51-38/h1-25H. The van der Waals surface area contributed by atoms with Crippen LogP contribution in [0.3, 0.4) is 0 Å². The molecular formula is C45H25F2N7. The van der Waals surface area contributed by atoms with Crippen LogP contribution < -0.4 is 0 Å². The van der Waals surface area contributed by atoms with Crippen LogP contribution >= 0.6 is 0 Å². The predicted molar refractivity (Wildman–Crippen MR) is 208 cm³/mol. The van der Waals surface area contributed by atoms with Crippen LogP contribution in [-0.4, -0.2) is 34.9 Å². The van der Waals surface area contributed by atoms with Crippen molar-refractivity contribution in [3.63, 3.8) is 0 Å². The van der Waals surface area contributed by atoms with Crippen molar-refractivity contribution in [1.82, 2.24) is 34.9 Å². The molecule has 10 rings (SSSR count). The van der Waals surface area contributed by atoms with E-state index in [-0.39, 0.29) is 28.6 Å². The van der Waals surface area contributed by atoms with Gasteiger partial charge in [0.1, 0.15) is 11.6 Å². The summed E-state index contributed by atoms with van der Waals surface area (Å²) in [6.45, 7) is 0. The SMILES string of the molecule is Fc1ccc(-c2ccc3ccc4cccnc4c3n2)cc1-c1nc(-c2ccccc2)nc(-c2cc(-c3ccc4ccc5cccnc5c4n3)ccc2F)n1. The molecular weight excluding hydrogens is 677 g/mol. The number of fused-ring (bicyclic) bond motifs is 6. The van der Waals surface area contributed by atoms with Crippen LogP contribution in [-0.2, 0) is 0 Å². The highest BCUT2D eigenvalue weighted by molar-refractivity contribution is 6.04. The van der Waals surface area contributed by atoms with Crippen LogP contribution in [0.2, 0.25) is 0 Å². The van der Waals surface area contributed by atoms with Gasteiger partial charge in [0.2, 0.25) is 0 Å². The molecule has 0 fully saturated rings. The summed E-state index contributed by atoms with van der Waals surface area (Å²) in [4.78, 5) is 33.2. The van der Waals surface area contributed by atoms with Gasteiger partial charge in [-0.25, -0.2) is 33.7 Å². The topological polar surface area (TPSA) is 90.2 Å². The van der Waals surface area contributed by atoms with Crippen LogP contribution in [0, 0.1) is 11.6 Å². The van der Waals surface area contributed by atoms with Gasteiger partial charge in [-0.1, -0.05) is 78.9 Å². The van der Waals surface area contributed by atoms with Gasteiger partial charge in [-0.15, -0.1) is 0 Å². The fourth-order valence-corrected chi connectivity index (χ4v) is 6.81. The molecule has 0 amide bonds. The third-order valence-corrected chi connectivity index (χ3v) is 9.54. The van der Waals surface area contributed by atoms with E-state index in [1.165, 1.54) is 12.1 Å². The van der Waals surface area contributed by atoms with E-state index in [2.05, 4.69) is 9.97 Å². The summed E-state index contributed by atoms with van der Waals surface area (Å²) in [5, 5.41) is 3.82. The quantitative estimate of drug-likeness (QED) is 0.165. The number of aromatic nitrogens is 7. The highest BCUT2D eigenvalue weighted by atomic mass is 19.1. The van der Waals surface area contributed by atoms with Gasteiger partial charge in [-0.3, -0.25) is 9.97 Å². The van der Waals surface area contributed by atoms with Crippen molar-refractivity contribution in [1.29, 1.82) is 0 Å². The summed E-state index contributed by atoms with van der Waals surface area (Å²) in [7, 11) is 0. The number of hydrogen-bond acceptors (Lipinski definition) is 7. The Hall–Kier alpha value is -7.39. The summed E-state index contributed by atoms with van der Waals surface area (Å²) in [5.41, 5.74) is 6.52. The number of rotatable bonds is 5. The monoisotopic (exact) mass is 701 g/mol. The maximum absolute atomic E-state index is 15.9. The molecule has 0 radical (unpaired) electrons. The lowest BCUT2D eigenvalue weighted by atomic mass is 10.0. The van der Waals surface area contributed by atoms with E-state index in [4.69, 9.17) is 24.9 Å². The molecule has 0 N–H and O–H groups in total. The van der Waals surface area contributed by atoms with E-state index in [0.29, 0.717) is 28.1 Å². The van der Waals surface area contributed by atoms with Gasteiger partial charge in [-0.05, 0) is 60.7 Å². The Balaban J connectivity index is 1.12. The first-order chi connectivity index (χ1) is 26.6. The Morgan fingerprint density at radius 1 is 0.333 bits per heavy atom.